The Balaban J connectivity index is 1.56. The van der Waals surface area contributed by atoms with Crippen LogP contribution in [0.2, 0.25) is 0 Å². The van der Waals surface area contributed by atoms with E-state index in [9.17, 15) is 0 Å². The molecule has 0 bridgehead atoms. The number of nitrogens with zero attached hydrogens (tertiary/aromatic N) is 1. The van der Waals surface area contributed by atoms with Gasteiger partial charge in [-0.2, -0.15) is 0 Å². The molecule has 0 amide bonds. The second kappa shape index (κ2) is 8.17. The van der Waals surface area contributed by atoms with E-state index < -0.39 is 0 Å². The van der Waals surface area contributed by atoms with Crippen molar-refractivity contribution in [3.8, 4) is 0 Å². The van der Waals surface area contributed by atoms with Gasteiger partial charge in [0.1, 0.15) is 0 Å². The lowest BCUT2D eigenvalue weighted by molar-refractivity contribution is 0.184. The number of hydrogen-bond donors (Lipinski definition) is 2. The maximum Gasteiger partial charge on any atom is 0.191 e. The van der Waals surface area contributed by atoms with Crippen molar-refractivity contribution in [1.29, 1.82) is 0 Å². The normalized spacial score (nSPS) is 15.7. The van der Waals surface area contributed by atoms with Crippen LogP contribution < -0.4 is 10.6 Å². The molecule has 0 atom stereocenters. The molecule has 0 unspecified atom stereocenters. The Labute approximate surface area is 150 Å². The fourth-order valence-electron chi connectivity index (χ4n) is 3.19. The van der Waals surface area contributed by atoms with Crippen LogP contribution in [-0.4, -0.2) is 26.7 Å². The van der Waals surface area contributed by atoms with Gasteiger partial charge in [0, 0.05) is 32.7 Å². The first-order chi connectivity index (χ1) is 12.3. The highest BCUT2D eigenvalue weighted by Gasteiger charge is 2.43. The van der Waals surface area contributed by atoms with Crippen LogP contribution in [0, 0.1) is 0 Å². The molecule has 25 heavy (non-hydrogen) atoms. The van der Waals surface area contributed by atoms with Crippen molar-refractivity contribution in [1.82, 2.24) is 10.6 Å². The summed E-state index contributed by atoms with van der Waals surface area (Å²) >= 11 is 0. The molecule has 0 saturated heterocycles. The fourth-order valence-corrected chi connectivity index (χ4v) is 3.19. The van der Waals surface area contributed by atoms with E-state index in [-0.39, 0.29) is 5.41 Å². The Bertz CT molecular complexity index is 708. The summed E-state index contributed by atoms with van der Waals surface area (Å²) in [5.74, 6) is 0.842. The zero-order valence-corrected chi connectivity index (χ0v) is 15.1. The summed E-state index contributed by atoms with van der Waals surface area (Å²) in [4.78, 5) is 4.37. The molecule has 0 heterocycles. The molecule has 0 aliphatic heterocycles. The predicted octanol–water partition coefficient (Wildman–Crippen LogP) is 3.23. The topological polar surface area (TPSA) is 45.7 Å². The van der Waals surface area contributed by atoms with Gasteiger partial charge in [0.2, 0.25) is 0 Å². The lowest BCUT2D eigenvalue weighted by Crippen LogP contribution is -2.41. The minimum Gasteiger partial charge on any atom is -0.380 e. The predicted molar refractivity (Wildman–Crippen MR) is 103 cm³/mol. The van der Waals surface area contributed by atoms with Gasteiger partial charge in [0.15, 0.2) is 5.96 Å². The van der Waals surface area contributed by atoms with Gasteiger partial charge in [0.05, 0.1) is 6.61 Å². The van der Waals surface area contributed by atoms with Gasteiger partial charge in [0.25, 0.3) is 0 Å². The highest BCUT2D eigenvalue weighted by atomic mass is 16.5. The zero-order valence-electron chi connectivity index (χ0n) is 15.1. The van der Waals surface area contributed by atoms with E-state index in [1.54, 1.807) is 7.11 Å². The molecule has 2 N–H and O–H groups in total. The van der Waals surface area contributed by atoms with E-state index in [1.807, 2.05) is 13.1 Å². The Kier molecular flexibility index (Phi) is 5.71. The van der Waals surface area contributed by atoms with E-state index in [0.717, 1.165) is 19.0 Å². The van der Waals surface area contributed by atoms with Gasteiger partial charge in [-0.15, -0.1) is 0 Å². The lowest BCUT2D eigenvalue weighted by atomic mass is 9.96. The number of ether oxygens (including phenoxy) is 1. The number of nitrogens with one attached hydrogen (secondary N) is 2. The fraction of sp³-hybridized carbons (Fsp3) is 0.381. The van der Waals surface area contributed by atoms with Gasteiger partial charge in [-0.25, -0.2) is 0 Å². The number of aliphatic imine (C=N–C) groups is 1. The van der Waals surface area contributed by atoms with Crippen molar-refractivity contribution >= 4 is 5.96 Å². The first kappa shape index (κ1) is 17.5. The Morgan fingerprint density at radius 3 is 2.32 bits per heavy atom. The summed E-state index contributed by atoms with van der Waals surface area (Å²) in [5.41, 5.74) is 4.13. The summed E-state index contributed by atoms with van der Waals surface area (Å²) in [5, 5.41) is 6.92. The third-order valence-electron chi connectivity index (χ3n) is 4.92. The Morgan fingerprint density at radius 1 is 1.00 bits per heavy atom. The molecule has 1 fully saturated rings. The molecule has 4 heteroatoms. The zero-order chi connectivity index (χ0) is 17.5. The average molecular weight is 337 g/mol. The monoisotopic (exact) mass is 337 g/mol. The maximum atomic E-state index is 5.28. The van der Waals surface area contributed by atoms with E-state index >= 15 is 0 Å². The van der Waals surface area contributed by atoms with E-state index in [4.69, 9.17) is 4.74 Å². The third kappa shape index (κ3) is 4.40. The molecule has 2 aromatic rings. The summed E-state index contributed by atoms with van der Waals surface area (Å²) in [6.45, 7) is 2.27. The SMILES string of the molecule is CN=C(NCc1ccccc1COC)NCC1(c2ccccc2)CC1. The number of rotatable bonds is 7. The van der Waals surface area contributed by atoms with Crippen LogP contribution in [0.3, 0.4) is 0 Å². The Morgan fingerprint density at radius 2 is 1.68 bits per heavy atom. The van der Waals surface area contributed by atoms with E-state index in [2.05, 4.69) is 64.2 Å². The molecular formula is C21H27N3O. The van der Waals surface area contributed by atoms with Crippen molar-refractivity contribution in [2.45, 2.75) is 31.4 Å². The van der Waals surface area contributed by atoms with Crippen LogP contribution in [0.4, 0.5) is 0 Å². The number of methoxy groups -OCH3 is 1. The van der Waals surface area contributed by atoms with Crippen molar-refractivity contribution in [3.05, 3.63) is 71.3 Å². The van der Waals surface area contributed by atoms with Crippen molar-refractivity contribution in [2.75, 3.05) is 20.7 Å². The first-order valence-electron chi connectivity index (χ1n) is 8.83. The maximum absolute atomic E-state index is 5.28. The van der Waals surface area contributed by atoms with Crippen LogP contribution in [0.5, 0.6) is 0 Å². The van der Waals surface area contributed by atoms with Crippen LogP contribution in [-0.2, 0) is 23.3 Å². The largest absolute Gasteiger partial charge is 0.380 e. The smallest absolute Gasteiger partial charge is 0.191 e. The molecule has 1 aliphatic rings. The van der Waals surface area contributed by atoms with E-state index in [0.29, 0.717) is 6.61 Å². The van der Waals surface area contributed by atoms with Gasteiger partial charge in [-0.3, -0.25) is 4.99 Å². The summed E-state index contributed by atoms with van der Waals surface area (Å²) in [6.07, 6.45) is 2.47. The standard InChI is InChI=1S/C21H27N3O/c1-22-20(23-14-17-8-6-7-9-18(17)15-25-2)24-16-21(12-13-21)19-10-4-3-5-11-19/h3-11H,12-16H2,1-2H3,(H2,22,23,24). The molecule has 0 radical (unpaired) electrons. The van der Waals surface area contributed by atoms with Gasteiger partial charge < -0.3 is 15.4 Å². The highest BCUT2D eigenvalue weighted by Crippen LogP contribution is 2.47. The van der Waals surface area contributed by atoms with Crippen molar-refractivity contribution < 1.29 is 4.74 Å². The molecule has 132 valence electrons. The Hall–Kier alpha value is -2.33. The average Bonchev–Trinajstić information content (AvgIpc) is 3.45. The van der Waals surface area contributed by atoms with Gasteiger partial charge >= 0.3 is 0 Å². The molecule has 4 nitrogen and oxygen atoms in total. The molecule has 1 saturated carbocycles. The summed E-state index contributed by atoms with van der Waals surface area (Å²) < 4.78 is 5.28. The van der Waals surface area contributed by atoms with Crippen LogP contribution in [0.25, 0.3) is 0 Å². The minimum absolute atomic E-state index is 0.271. The first-order valence-corrected chi connectivity index (χ1v) is 8.83. The molecule has 0 aromatic heterocycles. The van der Waals surface area contributed by atoms with E-state index in [1.165, 1.54) is 29.5 Å². The quantitative estimate of drug-likeness (QED) is 0.602. The van der Waals surface area contributed by atoms with Crippen LogP contribution in [0.1, 0.15) is 29.5 Å². The molecular weight excluding hydrogens is 310 g/mol. The van der Waals surface area contributed by atoms with Crippen LogP contribution in [0.15, 0.2) is 59.6 Å². The van der Waals surface area contributed by atoms with Crippen molar-refractivity contribution in [3.63, 3.8) is 0 Å². The van der Waals surface area contributed by atoms with Crippen LogP contribution >= 0.6 is 0 Å². The molecule has 3 rings (SSSR count). The lowest BCUT2D eigenvalue weighted by Gasteiger charge is -2.19. The second-order valence-corrected chi connectivity index (χ2v) is 6.63. The minimum atomic E-state index is 0.271. The summed E-state index contributed by atoms with van der Waals surface area (Å²) in [6, 6.07) is 19.1. The number of benzene rings is 2. The molecule has 1 aliphatic carbocycles. The summed E-state index contributed by atoms with van der Waals surface area (Å²) in [7, 11) is 3.54. The second-order valence-electron chi connectivity index (χ2n) is 6.63. The van der Waals surface area contributed by atoms with Crippen molar-refractivity contribution in [2.24, 2.45) is 4.99 Å². The highest BCUT2D eigenvalue weighted by molar-refractivity contribution is 5.79. The molecule has 0 spiro atoms. The van der Waals surface area contributed by atoms with Gasteiger partial charge in [-0.05, 0) is 29.5 Å². The third-order valence-corrected chi connectivity index (χ3v) is 4.92. The number of guanidine groups is 1. The number of hydrogen-bond acceptors (Lipinski definition) is 2. The van der Waals surface area contributed by atoms with Gasteiger partial charge in [-0.1, -0.05) is 54.6 Å². The molecule has 2 aromatic carbocycles.